The van der Waals surface area contributed by atoms with Gasteiger partial charge in [-0.25, -0.2) is 4.98 Å². The molecule has 25 heavy (non-hydrogen) atoms. The number of rotatable bonds is 2. The van der Waals surface area contributed by atoms with Crippen molar-refractivity contribution in [1.82, 2.24) is 9.88 Å². The molecule has 0 bridgehead atoms. The molecule has 0 atom stereocenters. The van der Waals surface area contributed by atoms with E-state index in [-0.39, 0.29) is 0 Å². The molecule has 0 saturated carbocycles. The van der Waals surface area contributed by atoms with Crippen LogP contribution in [0.15, 0.2) is 61.9 Å². The van der Waals surface area contributed by atoms with Crippen LogP contribution in [0.1, 0.15) is 11.9 Å². The number of likely N-dealkylation sites (N-methyl/N-ethyl adjacent to an activating group) is 1. The average molecular weight is 406 g/mol. The lowest BCUT2D eigenvalue weighted by Gasteiger charge is -2.18. The van der Waals surface area contributed by atoms with E-state index in [1.165, 1.54) is 25.5 Å². The smallest absolute Gasteiger partial charge is 0.118 e. The van der Waals surface area contributed by atoms with Gasteiger partial charge in [0, 0.05) is 41.2 Å². The van der Waals surface area contributed by atoms with Crippen molar-refractivity contribution >= 4 is 58.2 Å². The van der Waals surface area contributed by atoms with E-state index in [9.17, 15) is 0 Å². The van der Waals surface area contributed by atoms with Crippen LogP contribution in [-0.4, -0.2) is 23.5 Å². The number of thiazole rings is 1. The van der Waals surface area contributed by atoms with E-state index >= 15 is 0 Å². The molecule has 4 rings (SSSR count). The Morgan fingerprint density at radius 1 is 1.32 bits per heavy atom. The second kappa shape index (κ2) is 6.76. The maximum absolute atomic E-state index is 6.16. The highest BCUT2D eigenvalue weighted by Gasteiger charge is 2.33. The number of hydrogen-bond donors (Lipinski definition) is 0. The minimum absolute atomic E-state index is 0.767. The number of thioether (sulfide) groups is 2. The Bertz CT molecular complexity index is 902. The summed E-state index contributed by atoms with van der Waals surface area (Å²) < 4.78 is 0. The van der Waals surface area contributed by atoms with Crippen LogP contribution in [0.2, 0.25) is 5.02 Å². The second-order valence-corrected chi connectivity index (χ2v) is 8.98. The van der Waals surface area contributed by atoms with E-state index in [1.807, 2.05) is 23.7 Å². The van der Waals surface area contributed by atoms with Crippen LogP contribution >= 0.6 is 46.5 Å². The molecular weight excluding hydrogens is 390 g/mol. The zero-order valence-corrected chi connectivity index (χ0v) is 17.0. The summed E-state index contributed by atoms with van der Waals surface area (Å²) >= 11 is 11.3. The van der Waals surface area contributed by atoms with Crippen molar-refractivity contribution in [1.29, 1.82) is 0 Å². The molecule has 0 amide bonds. The van der Waals surface area contributed by atoms with Gasteiger partial charge in [-0.05, 0) is 25.1 Å². The lowest BCUT2D eigenvalue weighted by Crippen LogP contribution is -2.16. The van der Waals surface area contributed by atoms with Crippen LogP contribution in [-0.2, 0) is 0 Å². The molecule has 0 spiro atoms. The fourth-order valence-corrected chi connectivity index (χ4v) is 6.29. The number of fused-ring (bicyclic) bond motifs is 1. The molecule has 0 N–H and O–H groups in total. The Kier molecular flexibility index (Phi) is 4.62. The Hall–Kier alpha value is -1.34. The topological polar surface area (TPSA) is 19.4 Å². The zero-order chi connectivity index (χ0) is 17.6. The lowest BCUT2D eigenvalue weighted by molar-refractivity contribution is 0.507. The highest BCUT2D eigenvalue weighted by atomic mass is 35.5. The molecule has 1 fully saturated rings. The summed E-state index contributed by atoms with van der Waals surface area (Å²) in [7, 11) is 2.10. The third-order valence-corrected chi connectivity index (χ3v) is 7.55. The molecule has 3 nitrogen and oxygen atoms in total. The van der Waals surface area contributed by atoms with Crippen molar-refractivity contribution in [2.75, 3.05) is 18.5 Å². The summed E-state index contributed by atoms with van der Waals surface area (Å²) in [6, 6.07) is 6.04. The van der Waals surface area contributed by atoms with Gasteiger partial charge in [0.15, 0.2) is 0 Å². The van der Waals surface area contributed by atoms with E-state index < -0.39 is 0 Å². The number of aromatic nitrogens is 1. The van der Waals surface area contributed by atoms with E-state index in [0.717, 1.165) is 22.3 Å². The Balaban J connectivity index is 1.74. The quantitative estimate of drug-likeness (QED) is 0.600. The van der Waals surface area contributed by atoms with Gasteiger partial charge in [0.05, 0.1) is 26.3 Å². The first-order chi connectivity index (χ1) is 12.1. The Labute approximate surface area is 165 Å². The number of hydrogen-bond acceptors (Lipinski definition) is 6. The van der Waals surface area contributed by atoms with Crippen molar-refractivity contribution in [2.24, 2.45) is 0 Å². The van der Waals surface area contributed by atoms with Gasteiger partial charge in [-0.3, -0.25) is 0 Å². The second-order valence-electron chi connectivity index (χ2n) is 5.55. The predicted molar refractivity (Wildman–Crippen MR) is 112 cm³/mol. The fourth-order valence-electron chi connectivity index (χ4n) is 2.83. The van der Waals surface area contributed by atoms with Gasteiger partial charge < -0.3 is 9.80 Å². The van der Waals surface area contributed by atoms with E-state index in [2.05, 4.69) is 47.5 Å². The SMILES string of the molecule is C=C1/C(=C2\Sc3cc(Cl)ccc3N2C)S/C(=C\c2nccs2)N1CC. The summed E-state index contributed by atoms with van der Waals surface area (Å²) in [6.07, 6.45) is 3.98. The third-order valence-electron chi connectivity index (χ3n) is 4.06. The molecule has 2 aliphatic heterocycles. The van der Waals surface area contributed by atoms with Crippen LogP contribution in [0.4, 0.5) is 5.69 Å². The highest BCUT2D eigenvalue weighted by Crippen LogP contribution is 2.54. The number of halogens is 1. The predicted octanol–water partition coefficient (Wildman–Crippen LogP) is 6.09. The zero-order valence-electron chi connectivity index (χ0n) is 13.8. The Morgan fingerprint density at radius 3 is 2.88 bits per heavy atom. The van der Waals surface area contributed by atoms with Crippen molar-refractivity contribution in [3.63, 3.8) is 0 Å². The van der Waals surface area contributed by atoms with Gasteiger partial charge >= 0.3 is 0 Å². The van der Waals surface area contributed by atoms with Crippen LogP contribution < -0.4 is 4.90 Å². The highest BCUT2D eigenvalue weighted by molar-refractivity contribution is 8.09. The third kappa shape index (κ3) is 3.01. The minimum Gasteiger partial charge on any atom is -0.337 e. The largest absolute Gasteiger partial charge is 0.337 e. The molecule has 3 heterocycles. The maximum atomic E-state index is 6.16. The average Bonchev–Trinajstić information content (AvgIpc) is 3.27. The molecule has 0 radical (unpaired) electrons. The van der Waals surface area contributed by atoms with Gasteiger partial charge in [-0.15, -0.1) is 11.3 Å². The van der Waals surface area contributed by atoms with E-state index in [1.54, 1.807) is 34.9 Å². The van der Waals surface area contributed by atoms with Crippen LogP contribution in [0.3, 0.4) is 0 Å². The van der Waals surface area contributed by atoms with Crippen LogP contribution in [0.25, 0.3) is 6.08 Å². The van der Waals surface area contributed by atoms with Crippen molar-refractivity contribution in [3.8, 4) is 0 Å². The molecule has 1 aromatic carbocycles. The molecule has 2 aliphatic rings. The number of nitrogens with zero attached hydrogens (tertiary/aromatic N) is 3. The fraction of sp³-hybridized carbons (Fsp3) is 0.167. The maximum Gasteiger partial charge on any atom is 0.118 e. The Morgan fingerprint density at radius 2 is 2.16 bits per heavy atom. The lowest BCUT2D eigenvalue weighted by atomic mass is 10.3. The normalized spacial score (nSPS) is 21.6. The summed E-state index contributed by atoms with van der Waals surface area (Å²) in [5.41, 5.74) is 2.23. The van der Waals surface area contributed by atoms with E-state index in [4.69, 9.17) is 11.6 Å². The molecule has 7 heteroatoms. The molecule has 128 valence electrons. The molecule has 1 saturated heterocycles. The van der Waals surface area contributed by atoms with Gasteiger partial charge in [0.1, 0.15) is 5.01 Å². The molecule has 0 aliphatic carbocycles. The van der Waals surface area contributed by atoms with E-state index in [0.29, 0.717) is 0 Å². The van der Waals surface area contributed by atoms with Gasteiger partial charge in [-0.1, -0.05) is 41.7 Å². The van der Waals surface area contributed by atoms with Crippen molar-refractivity contribution < 1.29 is 0 Å². The molecule has 1 aromatic heterocycles. The summed E-state index contributed by atoms with van der Waals surface area (Å²) in [5, 5.41) is 6.16. The van der Waals surface area contributed by atoms with Crippen molar-refractivity contribution in [3.05, 3.63) is 67.0 Å². The number of benzene rings is 1. The molecule has 2 aromatic rings. The number of anilines is 1. The van der Waals surface area contributed by atoms with Gasteiger partial charge in [-0.2, -0.15) is 0 Å². The van der Waals surface area contributed by atoms with Crippen molar-refractivity contribution in [2.45, 2.75) is 11.8 Å². The first kappa shape index (κ1) is 17.1. The standard InChI is InChI=1S/C18H16ClN3S3/c1-4-22-11(2)17(25-16(22)10-15-20-7-8-23-15)18-21(3)13-6-5-12(19)9-14(13)24-18/h5-10H,2,4H2,1,3H3/b16-10-,18-17+. The summed E-state index contributed by atoms with van der Waals surface area (Å²) in [6.45, 7) is 7.38. The van der Waals surface area contributed by atoms with Gasteiger partial charge in [0.25, 0.3) is 0 Å². The first-order valence-corrected chi connectivity index (χ1v) is 10.7. The first-order valence-electron chi connectivity index (χ1n) is 7.79. The molecule has 0 unspecified atom stereocenters. The monoisotopic (exact) mass is 405 g/mol. The summed E-state index contributed by atoms with van der Waals surface area (Å²) in [5.74, 6) is 0. The van der Waals surface area contributed by atoms with Crippen LogP contribution in [0, 0.1) is 0 Å². The molecular formula is C18H16ClN3S3. The van der Waals surface area contributed by atoms with Gasteiger partial charge in [0.2, 0.25) is 0 Å². The summed E-state index contributed by atoms with van der Waals surface area (Å²) in [4.78, 5) is 11.2. The van der Waals surface area contributed by atoms with Crippen LogP contribution in [0.5, 0.6) is 0 Å². The minimum atomic E-state index is 0.767.